The van der Waals surface area contributed by atoms with Gasteiger partial charge in [-0.15, -0.1) is 6.58 Å². The van der Waals surface area contributed by atoms with E-state index in [0.29, 0.717) is 19.7 Å². The van der Waals surface area contributed by atoms with Crippen LogP contribution in [0.25, 0.3) is 0 Å². The average molecular weight is 257 g/mol. The van der Waals surface area contributed by atoms with E-state index in [-0.39, 0.29) is 0 Å². The van der Waals surface area contributed by atoms with Crippen molar-refractivity contribution in [3.05, 3.63) is 12.7 Å². The maximum atomic E-state index is 11.7. The first-order chi connectivity index (χ1) is 8.76. The van der Waals surface area contributed by atoms with Crippen LogP contribution in [0.15, 0.2) is 12.7 Å². The highest BCUT2D eigenvalue weighted by atomic mass is 17.2. The fourth-order valence-electron chi connectivity index (χ4n) is 1.52. The van der Waals surface area contributed by atoms with Gasteiger partial charge in [0.1, 0.15) is 0 Å². The van der Waals surface area contributed by atoms with Crippen LogP contribution in [0.4, 0.5) is 4.79 Å². The van der Waals surface area contributed by atoms with Gasteiger partial charge in [-0.2, -0.15) is 4.89 Å². The number of carbonyl (C=O) groups is 1. The SMILES string of the molecule is C=CCN(CCCCC)C(=O)OOCCCCC. The number of hydrogen-bond acceptors (Lipinski definition) is 3. The van der Waals surface area contributed by atoms with Gasteiger partial charge < -0.3 is 4.90 Å². The topological polar surface area (TPSA) is 38.8 Å². The van der Waals surface area contributed by atoms with Gasteiger partial charge in [0.05, 0.1) is 6.61 Å². The van der Waals surface area contributed by atoms with Crippen LogP contribution in [0.3, 0.4) is 0 Å². The lowest BCUT2D eigenvalue weighted by Crippen LogP contribution is -2.32. The monoisotopic (exact) mass is 257 g/mol. The first-order valence-electron chi connectivity index (χ1n) is 6.95. The molecule has 18 heavy (non-hydrogen) atoms. The van der Waals surface area contributed by atoms with Gasteiger partial charge in [0, 0.05) is 13.1 Å². The smallest absolute Gasteiger partial charge is 0.302 e. The van der Waals surface area contributed by atoms with Crippen LogP contribution in [-0.4, -0.2) is 30.7 Å². The third-order valence-corrected chi connectivity index (χ3v) is 2.60. The van der Waals surface area contributed by atoms with E-state index in [2.05, 4.69) is 20.4 Å². The molecule has 106 valence electrons. The van der Waals surface area contributed by atoms with Crippen LogP contribution in [0.1, 0.15) is 52.4 Å². The molecule has 0 spiro atoms. The minimum Gasteiger partial charge on any atom is -0.302 e. The van der Waals surface area contributed by atoms with Gasteiger partial charge in [0.25, 0.3) is 0 Å². The Morgan fingerprint density at radius 2 is 1.83 bits per heavy atom. The molecule has 0 aromatic rings. The van der Waals surface area contributed by atoms with E-state index in [4.69, 9.17) is 9.78 Å². The molecular weight excluding hydrogens is 230 g/mol. The molecule has 0 aliphatic carbocycles. The van der Waals surface area contributed by atoms with Crippen molar-refractivity contribution in [3.63, 3.8) is 0 Å². The van der Waals surface area contributed by atoms with Crippen LogP contribution < -0.4 is 0 Å². The molecule has 0 unspecified atom stereocenters. The molecule has 0 aromatic carbocycles. The van der Waals surface area contributed by atoms with Crippen LogP contribution in [0.5, 0.6) is 0 Å². The molecule has 0 fully saturated rings. The highest BCUT2D eigenvalue weighted by Crippen LogP contribution is 2.02. The zero-order chi connectivity index (χ0) is 13.6. The third-order valence-electron chi connectivity index (χ3n) is 2.60. The highest BCUT2D eigenvalue weighted by molar-refractivity contribution is 5.67. The molecule has 0 bridgehead atoms. The Kier molecular flexibility index (Phi) is 11.7. The van der Waals surface area contributed by atoms with Crippen molar-refractivity contribution >= 4 is 6.09 Å². The first kappa shape index (κ1) is 17.0. The summed E-state index contributed by atoms with van der Waals surface area (Å²) in [5, 5.41) is 0. The second-order valence-electron chi connectivity index (χ2n) is 4.32. The van der Waals surface area contributed by atoms with E-state index >= 15 is 0 Å². The summed E-state index contributed by atoms with van der Waals surface area (Å²) < 4.78 is 0. The summed E-state index contributed by atoms with van der Waals surface area (Å²) in [6.07, 6.45) is 7.63. The Labute approximate surface area is 111 Å². The Hall–Kier alpha value is -1.03. The maximum absolute atomic E-state index is 11.7. The summed E-state index contributed by atoms with van der Waals surface area (Å²) in [6.45, 7) is 9.55. The normalized spacial score (nSPS) is 10.1. The van der Waals surface area contributed by atoms with Crippen molar-refractivity contribution in [1.29, 1.82) is 0 Å². The van der Waals surface area contributed by atoms with Gasteiger partial charge in [0.15, 0.2) is 0 Å². The number of rotatable bonds is 11. The summed E-state index contributed by atoms with van der Waals surface area (Å²) >= 11 is 0. The lowest BCUT2D eigenvalue weighted by Gasteiger charge is -2.19. The fraction of sp³-hybridized carbons (Fsp3) is 0.786. The molecular formula is C14H27NO3. The minimum atomic E-state index is -0.414. The van der Waals surface area contributed by atoms with E-state index < -0.39 is 6.09 Å². The molecule has 0 aliphatic heterocycles. The number of nitrogens with zero attached hydrogens (tertiary/aromatic N) is 1. The van der Waals surface area contributed by atoms with Crippen molar-refractivity contribution in [3.8, 4) is 0 Å². The van der Waals surface area contributed by atoms with Crippen molar-refractivity contribution in [2.45, 2.75) is 52.4 Å². The molecule has 0 heterocycles. The molecule has 0 saturated carbocycles. The fourth-order valence-corrected chi connectivity index (χ4v) is 1.52. The predicted molar refractivity (Wildman–Crippen MR) is 73.3 cm³/mol. The summed E-state index contributed by atoms with van der Waals surface area (Å²) in [6, 6.07) is 0. The molecule has 1 amide bonds. The van der Waals surface area contributed by atoms with Crippen LogP contribution >= 0.6 is 0 Å². The second kappa shape index (κ2) is 12.4. The maximum Gasteiger partial charge on any atom is 0.441 e. The van der Waals surface area contributed by atoms with E-state index in [1.807, 2.05) is 0 Å². The van der Waals surface area contributed by atoms with Crippen LogP contribution in [0, 0.1) is 0 Å². The molecule has 0 aromatic heterocycles. The molecule has 4 heteroatoms. The lowest BCUT2D eigenvalue weighted by atomic mass is 10.2. The highest BCUT2D eigenvalue weighted by Gasteiger charge is 2.13. The van der Waals surface area contributed by atoms with Crippen LogP contribution in [-0.2, 0) is 9.78 Å². The molecule has 0 rings (SSSR count). The molecule has 0 radical (unpaired) electrons. The average Bonchev–Trinajstić information content (AvgIpc) is 2.37. The quantitative estimate of drug-likeness (QED) is 0.244. The second-order valence-corrected chi connectivity index (χ2v) is 4.32. The predicted octanol–water partition coefficient (Wildman–Crippen LogP) is 3.92. The van der Waals surface area contributed by atoms with Crippen molar-refractivity contribution in [2.75, 3.05) is 19.7 Å². The summed E-state index contributed by atoms with van der Waals surface area (Å²) in [7, 11) is 0. The number of amides is 1. The van der Waals surface area contributed by atoms with E-state index in [1.54, 1.807) is 11.0 Å². The molecule has 0 saturated heterocycles. The van der Waals surface area contributed by atoms with Crippen molar-refractivity contribution in [1.82, 2.24) is 4.90 Å². The Morgan fingerprint density at radius 1 is 1.17 bits per heavy atom. The van der Waals surface area contributed by atoms with E-state index in [0.717, 1.165) is 38.5 Å². The number of carbonyl (C=O) groups excluding carboxylic acids is 1. The van der Waals surface area contributed by atoms with Gasteiger partial charge in [-0.3, -0.25) is 4.89 Å². The van der Waals surface area contributed by atoms with Gasteiger partial charge >= 0.3 is 6.09 Å². The standard InChI is InChI=1S/C14H27NO3/c1-4-7-9-12-15(11-6-3)14(16)18-17-13-10-8-5-2/h6H,3-5,7-13H2,1-2H3. The minimum absolute atomic E-state index is 0.414. The van der Waals surface area contributed by atoms with Crippen molar-refractivity contribution in [2.24, 2.45) is 0 Å². The van der Waals surface area contributed by atoms with Gasteiger partial charge in [-0.25, -0.2) is 4.79 Å². The number of unbranched alkanes of at least 4 members (excludes halogenated alkanes) is 4. The lowest BCUT2D eigenvalue weighted by molar-refractivity contribution is -0.246. The van der Waals surface area contributed by atoms with Crippen molar-refractivity contribution < 1.29 is 14.6 Å². The summed E-state index contributed by atoms with van der Waals surface area (Å²) in [4.78, 5) is 23.0. The Balaban J connectivity index is 3.79. The third kappa shape index (κ3) is 9.05. The summed E-state index contributed by atoms with van der Waals surface area (Å²) in [5.74, 6) is 0. The molecule has 4 nitrogen and oxygen atoms in total. The Morgan fingerprint density at radius 3 is 2.44 bits per heavy atom. The largest absolute Gasteiger partial charge is 0.441 e. The van der Waals surface area contributed by atoms with Gasteiger partial charge in [0.2, 0.25) is 0 Å². The summed E-state index contributed by atoms with van der Waals surface area (Å²) in [5.41, 5.74) is 0. The number of hydrogen-bond donors (Lipinski definition) is 0. The van der Waals surface area contributed by atoms with Gasteiger partial charge in [-0.1, -0.05) is 45.6 Å². The van der Waals surface area contributed by atoms with E-state index in [1.165, 1.54) is 0 Å². The van der Waals surface area contributed by atoms with Crippen LogP contribution in [0.2, 0.25) is 0 Å². The molecule has 0 atom stereocenters. The molecule has 0 aliphatic rings. The zero-order valence-corrected chi connectivity index (χ0v) is 11.8. The van der Waals surface area contributed by atoms with Gasteiger partial charge in [-0.05, 0) is 12.8 Å². The van der Waals surface area contributed by atoms with E-state index in [9.17, 15) is 4.79 Å². The zero-order valence-electron chi connectivity index (χ0n) is 11.8. The first-order valence-corrected chi connectivity index (χ1v) is 6.95. The molecule has 0 N–H and O–H groups in total. The Bertz CT molecular complexity index is 219.